The highest BCUT2D eigenvalue weighted by Gasteiger charge is 2.43. The molecule has 1 aliphatic rings. The Labute approximate surface area is 252 Å². The predicted octanol–water partition coefficient (Wildman–Crippen LogP) is 8.96. The summed E-state index contributed by atoms with van der Waals surface area (Å²) in [5, 5.41) is 2.46. The smallest absolute Gasteiger partial charge is 0.460 e. The number of amides is 1. The minimum absolute atomic E-state index is 0.0422. The molecule has 0 radical (unpaired) electrons. The van der Waals surface area contributed by atoms with Gasteiger partial charge in [0.25, 0.3) is 0 Å². The monoisotopic (exact) mass is 651 g/mol. The van der Waals surface area contributed by atoms with Crippen LogP contribution in [0, 0.1) is 0 Å². The topological polar surface area (TPSA) is 47.6 Å². The fourth-order valence-corrected chi connectivity index (χ4v) is 3.84. The number of allylic oxidation sites excluding steroid dienone is 8. The summed E-state index contributed by atoms with van der Waals surface area (Å²) in [6.45, 7) is 7.04. The van der Waals surface area contributed by atoms with Crippen LogP contribution in [0.25, 0.3) is 0 Å². The molecule has 1 N–H and O–H groups in total. The molecule has 0 fully saturated rings. The van der Waals surface area contributed by atoms with Crippen molar-refractivity contribution in [2.75, 3.05) is 7.11 Å². The second-order valence-corrected chi connectivity index (χ2v) is 9.41. The van der Waals surface area contributed by atoms with Crippen LogP contribution in [0.4, 0.5) is 43.9 Å². The molecule has 4 nitrogen and oxygen atoms in total. The first-order valence-electron chi connectivity index (χ1n) is 12.8. The summed E-state index contributed by atoms with van der Waals surface area (Å²) < 4.78 is 142. The highest BCUT2D eigenvalue weighted by Crippen LogP contribution is 2.37. The average Bonchev–Trinajstić information content (AvgIpc) is 2.96. The van der Waals surface area contributed by atoms with Crippen molar-refractivity contribution in [3.05, 3.63) is 132 Å². The number of carbonyl (C=O) groups is 1. The molecule has 0 aromatic heterocycles. The van der Waals surface area contributed by atoms with Crippen LogP contribution in [-0.4, -0.2) is 37.3 Å². The van der Waals surface area contributed by atoms with Gasteiger partial charge in [-0.3, -0.25) is 4.79 Å². The molecule has 0 aliphatic heterocycles. The van der Waals surface area contributed by atoms with Crippen LogP contribution < -0.4 is 5.32 Å². The van der Waals surface area contributed by atoms with Gasteiger partial charge in [-0.05, 0) is 35.8 Å². The van der Waals surface area contributed by atoms with E-state index in [1.165, 1.54) is 0 Å². The Kier molecular flexibility index (Phi) is 12.6. The number of halogens is 10. The largest absolute Gasteiger partial charge is 0.494 e. The third kappa shape index (κ3) is 10.6. The van der Waals surface area contributed by atoms with Gasteiger partial charge in [0.15, 0.2) is 5.83 Å². The first-order valence-corrected chi connectivity index (χ1v) is 12.8. The average molecular weight is 652 g/mol. The van der Waals surface area contributed by atoms with E-state index in [-0.39, 0.29) is 24.3 Å². The van der Waals surface area contributed by atoms with Crippen LogP contribution in [0.5, 0.6) is 0 Å². The van der Waals surface area contributed by atoms with Crippen LogP contribution in [-0.2, 0) is 20.7 Å². The van der Waals surface area contributed by atoms with Gasteiger partial charge in [0.05, 0.1) is 24.5 Å². The molecule has 0 unspecified atom stereocenters. The highest BCUT2D eigenvalue weighted by molar-refractivity contribution is 5.95. The van der Waals surface area contributed by atoms with Gasteiger partial charge in [0, 0.05) is 24.5 Å². The minimum Gasteiger partial charge on any atom is -0.494 e. The fourth-order valence-electron chi connectivity index (χ4n) is 3.84. The molecular formula is C31H27F10NO3. The standard InChI is InChI=1S/C31H27F10NO3/c1-19(16-23(32)13-15-45-31(40,41)28(35)36)29(18-21-8-5-4-6-9-21,14-7-10-25(33)20(2)44-3)42-27(43)22-11-12-26(34)24(17-22)30(37,38)39/h4-10,13-17,28H,1-2,11-12,18H2,3H3,(H,42,43)/b14-7+,15-13+,23-16+,25-10+/t29-/m0/s1. The number of benzene rings is 1. The Morgan fingerprint density at radius 3 is 2.29 bits per heavy atom. The van der Waals surface area contributed by atoms with Gasteiger partial charge < -0.3 is 14.8 Å². The van der Waals surface area contributed by atoms with Gasteiger partial charge in [0.1, 0.15) is 17.4 Å². The molecule has 1 amide bonds. The van der Waals surface area contributed by atoms with Crippen LogP contribution in [0.2, 0.25) is 0 Å². The molecular weight excluding hydrogens is 624 g/mol. The molecule has 0 heterocycles. The number of hydrogen-bond acceptors (Lipinski definition) is 3. The van der Waals surface area contributed by atoms with Crippen molar-refractivity contribution in [2.45, 2.75) is 43.5 Å². The van der Waals surface area contributed by atoms with Gasteiger partial charge in [-0.15, -0.1) is 0 Å². The Morgan fingerprint density at radius 2 is 1.71 bits per heavy atom. The lowest BCUT2D eigenvalue weighted by Crippen LogP contribution is -2.50. The Bertz CT molecular complexity index is 1440. The summed E-state index contributed by atoms with van der Waals surface area (Å²) in [6, 6.07) is 7.93. The zero-order chi connectivity index (χ0) is 34.0. The molecule has 2 rings (SSSR count). The van der Waals surface area contributed by atoms with Gasteiger partial charge in [-0.25, -0.2) is 13.2 Å². The molecule has 244 valence electrons. The van der Waals surface area contributed by atoms with Gasteiger partial charge in [-0.1, -0.05) is 55.6 Å². The molecule has 14 heteroatoms. The molecule has 45 heavy (non-hydrogen) atoms. The normalized spacial score (nSPS) is 16.6. The number of carbonyl (C=O) groups excluding carboxylic acids is 1. The number of alkyl halides is 7. The Balaban J connectivity index is 2.66. The molecule has 0 saturated heterocycles. The van der Waals surface area contributed by atoms with E-state index in [0.29, 0.717) is 17.7 Å². The summed E-state index contributed by atoms with van der Waals surface area (Å²) in [5.41, 5.74) is -4.06. The van der Waals surface area contributed by atoms with Crippen molar-refractivity contribution in [3.8, 4) is 0 Å². The van der Waals surface area contributed by atoms with E-state index in [1.807, 2.05) is 0 Å². The molecule has 1 aliphatic carbocycles. The van der Waals surface area contributed by atoms with Gasteiger partial charge in [0.2, 0.25) is 5.91 Å². The zero-order valence-electron chi connectivity index (χ0n) is 23.5. The maximum Gasteiger partial charge on any atom is 0.460 e. The number of ether oxygens (including phenoxy) is 2. The highest BCUT2D eigenvalue weighted by atomic mass is 19.4. The SMILES string of the molecule is C=C(OC)/C(F)=C\C=C\[C@@](Cc1ccccc1)(NC(=O)C1=CC(C(F)(F)F)=C(F)CC1)C(=C)/C=C(F)\C=C\OC(F)(F)C(F)F. The van der Waals surface area contributed by atoms with Crippen LogP contribution in [0.1, 0.15) is 18.4 Å². The number of methoxy groups -OCH3 is 1. The van der Waals surface area contributed by atoms with E-state index >= 15 is 0 Å². The second kappa shape index (κ2) is 15.5. The third-order valence-electron chi connectivity index (χ3n) is 6.21. The maximum atomic E-state index is 14.8. The quantitative estimate of drug-likeness (QED) is 0.124. The van der Waals surface area contributed by atoms with Crippen molar-refractivity contribution in [1.82, 2.24) is 5.32 Å². The summed E-state index contributed by atoms with van der Waals surface area (Å²) >= 11 is 0. The van der Waals surface area contributed by atoms with Crippen LogP contribution in [0.15, 0.2) is 126 Å². The second-order valence-electron chi connectivity index (χ2n) is 9.41. The molecule has 0 bridgehead atoms. The molecule has 1 aromatic carbocycles. The summed E-state index contributed by atoms with van der Waals surface area (Å²) in [4.78, 5) is 13.4. The van der Waals surface area contributed by atoms with Crippen molar-refractivity contribution >= 4 is 5.91 Å². The fraction of sp³-hybridized carbons (Fsp3) is 0.258. The first kappa shape index (κ1) is 36.7. The molecule has 0 spiro atoms. The lowest BCUT2D eigenvalue weighted by molar-refractivity contribution is -0.274. The van der Waals surface area contributed by atoms with E-state index in [9.17, 15) is 48.7 Å². The van der Waals surface area contributed by atoms with E-state index in [4.69, 9.17) is 0 Å². The number of nitrogens with one attached hydrogen (secondary N) is 1. The molecule has 0 saturated carbocycles. The van der Waals surface area contributed by atoms with Gasteiger partial charge >= 0.3 is 18.7 Å². The maximum absolute atomic E-state index is 14.8. The minimum atomic E-state index is -5.12. The lowest BCUT2D eigenvalue weighted by Gasteiger charge is -2.34. The summed E-state index contributed by atoms with van der Waals surface area (Å²) in [7, 11) is 1.13. The predicted molar refractivity (Wildman–Crippen MR) is 147 cm³/mol. The van der Waals surface area contributed by atoms with E-state index < -0.39 is 77.4 Å². The molecule has 1 atom stereocenters. The zero-order valence-corrected chi connectivity index (χ0v) is 23.5. The van der Waals surface area contributed by atoms with Gasteiger partial charge in [-0.2, -0.15) is 30.7 Å². The Hall–Kier alpha value is -4.49. The van der Waals surface area contributed by atoms with Crippen molar-refractivity contribution < 1.29 is 58.2 Å². The van der Waals surface area contributed by atoms with Crippen molar-refractivity contribution in [2.24, 2.45) is 0 Å². The summed E-state index contributed by atoms with van der Waals surface area (Å²) in [6.07, 6.45) is -11.6. The van der Waals surface area contributed by atoms with E-state index in [2.05, 4.69) is 27.9 Å². The van der Waals surface area contributed by atoms with E-state index in [1.54, 1.807) is 30.3 Å². The van der Waals surface area contributed by atoms with E-state index in [0.717, 1.165) is 25.3 Å². The Morgan fingerprint density at radius 1 is 1.07 bits per heavy atom. The van der Waals surface area contributed by atoms with Crippen LogP contribution >= 0.6 is 0 Å². The summed E-state index contributed by atoms with van der Waals surface area (Å²) in [5.74, 6) is -5.39. The number of rotatable bonds is 14. The number of hydrogen-bond donors (Lipinski definition) is 1. The van der Waals surface area contributed by atoms with Crippen LogP contribution in [0.3, 0.4) is 0 Å². The molecule has 1 aromatic rings. The lowest BCUT2D eigenvalue weighted by atomic mass is 9.82. The van der Waals surface area contributed by atoms with Crippen molar-refractivity contribution in [1.29, 1.82) is 0 Å². The third-order valence-corrected chi connectivity index (χ3v) is 6.21. The van der Waals surface area contributed by atoms with Crippen molar-refractivity contribution in [3.63, 3.8) is 0 Å². The first-order chi connectivity index (χ1) is 20.9.